The number of benzene rings is 1. The Morgan fingerprint density at radius 1 is 1.67 bits per heavy atom. The molecule has 0 bridgehead atoms. The summed E-state index contributed by atoms with van der Waals surface area (Å²) < 4.78 is 13.0. The zero-order valence-electron chi connectivity index (χ0n) is 8.07. The Balaban J connectivity index is 3.22. The highest BCUT2D eigenvalue weighted by Crippen LogP contribution is 2.29. The Morgan fingerprint density at radius 3 is 2.87 bits per heavy atom. The first kappa shape index (κ1) is 11.2. The van der Waals surface area contributed by atoms with Crippen molar-refractivity contribution in [2.75, 3.05) is 0 Å². The van der Waals surface area contributed by atoms with Gasteiger partial charge in [0.15, 0.2) is 0 Å². The molecule has 0 aliphatic rings. The van der Waals surface area contributed by atoms with Gasteiger partial charge in [-0.05, 0) is 12.5 Å². The van der Waals surface area contributed by atoms with Crippen LogP contribution in [0.4, 0.5) is 4.39 Å². The van der Waals surface area contributed by atoms with Gasteiger partial charge in [-0.3, -0.25) is 0 Å². The van der Waals surface area contributed by atoms with E-state index in [1.54, 1.807) is 12.1 Å². The third-order valence-corrected chi connectivity index (χ3v) is 2.09. The van der Waals surface area contributed by atoms with Crippen molar-refractivity contribution < 1.29 is 9.50 Å². The SMILES string of the molecule is C=CC[C@@H](N)c1ccc(F)c(C#N)c1O. The van der Waals surface area contributed by atoms with Crippen molar-refractivity contribution in [1.29, 1.82) is 5.26 Å². The lowest BCUT2D eigenvalue weighted by Crippen LogP contribution is -2.10. The molecule has 78 valence electrons. The Bertz CT molecular complexity index is 423. The van der Waals surface area contributed by atoms with Crippen LogP contribution in [0.15, 0.2) is 24.8 Å². The number of phenols is 1. The molecule has 0 radical (unpaired) electrons. The van der Waals surface area contributed by atoms with Crippen LogP contribution in [0.2, 0.25) is 0 Å². The number of nitriles is 1. The number of aromatic hydroxyl groups is 1. The van der Waals surface area contributed by atoms with Crippen molar-refractivity contribution >= 4 is 0 Å². The summed E-state index contributed by atoms with van der Waals surface area (Å²) in [5, 5.41) is 18.2. The van der Waals surface area contributed by atoms with E-state index in [0.717, 1.165) is 6.07 Å². The van der Waals surface area contributed by atoms with E-state index < -0.39 is 11.9 Å². The Morgan fingerprint density at radius 2 is 2.33 bits per heavy atom. The van der Waals surface area contributed by atoms with E-state index in [1.807, 2.05) is 0 Å². The van der Waals surface area contributed by atoms with Crippen LogP contribution in [0.1, 0.15) is 23.6 Å². The van der Waals surface area contributed by atoms with Crippen molar-refractivity contribution in [1.82, 2.24) is 0 Å². The first-order chi connectivity index (χ1) is 7.11. The summed E-state index contributed by atoms with van der Waals surface area (Å²) in [6.45, 7) is 3.52. The maximum Gasteiger partial charge on any atom is 0.144 e. The number of hydrogen-bond acceptors (Lipinski definition) is 3. The van der Waals surface area contributed by atoms with E-state index in [4.69, 9.17) is 11.0 Å². The van der Waals surface area contributed by atoms with Crippen LogP contribution < -0.4 is 5.73 Å². The van der Waals surface area contributed by atoms with Crippen LogP contribution in [0.25, 0.3) is 0 Å². The van der Waals surface area contributed by atoms with Crippen LogP contribution in [-0.2, 0) is 0 Å². The molecule has 0 aromatic heterocycles. The molecule has 0 fully saturated rings. The molecule has 0 unspecified atom stereocenters. The van der Waals surface area contributed by atoms with Crippen LogP contribution >= 0.6 is 0 Å². The highest BCUT2D eigenvalue weighted by atomic mass is 19.1. The number of nitrogens with two attached hydrogens (primary N) is 1. The van der Waals surface area contributed by atoms with Gasteiger partial charge in [-0.15, -0.1) is 6.58 Å². The van der Waals surface area contributed by atoms with Crippen LogP contribution in [0.3, 0.4) is 0 Å². The van der Waals surface area contributed by atoms with Crippen LogP contribution in [-0.4, -0.2) is 5.11 Å². The van der Waals surface area contributed by atoms with Crippen molar-refractivity contribution in [3.8, 4) is 11.8 Å². The highest BCUT2D eigenvalue weighted by molar-refractivity contribution is 5.49. The maximum absolute atomic E-state index is 13.0. The van der Waals surface area contributed by atoms with Gasteiger partial charge in [0, 0.05) is 11.6 Å². The van der Waals surface area contributed by atoms with Crippen molar-refractivity contribution in [2.45, 2.75) is 12.5 Å². The second-order valence-electron chi connectivity index (χ2n) is 3.10. The average Bonchev–Trinajstić information content (AvgIpc) is 2.18. The van der Waals surface area contributed by atoms with Gasteiger partial charge < -0.3 is 10.8 Å². The first-order valence-electron chi connectivity index (χ1n) is 4.39. The average molecular weight is 206 g/mol. The molecular formula is C11H11FN2O. The van der Waals surface area contributed by atoms with Gasteiger partial charge in [-0.1, -0.05) is 12.1 Å². The minimum Gasteiger partial charge on any atom is -0.506 e. The number of hydrogen-bond donors (Lipinski definition) is 2. The lowest BCUT2D eigenvalue weighted by molar-refractivity contribution is 0.453. The molecule has 0 aliphatic carbocycles. The normalized spacial score (nSPS) is 11.8. The monoisotopic (exact) mass is 206 g/mol. The molecule has 1 rings (SSSR count). The largest absolute Gasteiger partial charge is 0.506 e. The lowest BCUT2D eigenvalue weighted by Gasteiger charge is -2.12. The Kier molecular flexibility index (Phi) is 3.42. The van der Waals surface area contributed by atoms with Gasteiger partial charge >= 0.3 is 0 Å². The van der Waals surface area contributed by atoms with E-state index in [1.165, 1.54) is 6.07 Å². The molecule has 0 saturated carbocycles. The third kappa shape index (κ3) is 2.14. The van der Waals surface area contributed by atoms with Gasteiger partial charge in [0.1, 0.15) is 23.2 Å². The summed E-state index contributed by atoms with van der Waals surface area (Å²) >= 11 is 0. The zero-order chi connectivity index (χ0) is 11.4. The van der Waals surface area contributed by atoms with E-state index in [0.29, 0.717) is 12.0 Å². The summed E-state index contributed by atoms with van der Waals surface area (Å²) in [4.78, 5) is 0. The number of halogens is 1. The molecule has 1 aromatic carbocycles. The van der Waals surface area contributed by atoms with E-state index in [2.05, 4.69) is 6.58 Å². The van der Waals surface area contributed by atoms with E-state index in [-0.39, 0.29) is 11.3 Å². The molecular weight excluding hydrogens is 195 g/mol. The number of nitrogens with zero attached hydrogens (tertiary/aromatic N) is 1. The Labute approximate surface area is 87.3 Å². The van der Waals surface area contributed by atoms with Gasteiger partial charge in [-0.2, -0.15) is 5.26 Å². The summed E-state index contributed by atoms with van der Waals surface area (Å²) in [7, 11) is 0. The minimum absolute atomic E-state index is 0.354. The first-order valence-corrected chi connectivity index (χ1v) is 4.39. The lowest BCUT2D eigenvalue weighted by atomic mass is 10.0. The van der Waals surface area contributed by atoms with Gasteiger partial charge in [0.2, 0.25) is 0 Å². The van der Waals surface area contributed by atoms with Crippen LogP contribution in [0.5, 0.6) is 5.75 Å². The maximum atomic E-state index is 13.0. The molecule has 3 N–H and O–H groups in total. The van der Waals surface area contributed by atoms with E-state index >= 15 is 0 Å². The molecule has 0 saturated heterocycles. The number of phenolic OH excluding ortho intramolecular Hbond substituents is 1. The molecule has 1 aromatic rings. The predicted octanol–water partition coefficient (Wildman–Crippen LogP) is 1.98. The fourth-order valence-corrected chi connectivity index (χ4v) is 1.29. The second-order valence-corrected chi connectivity index (χ2v) is 3.10. The molecule has 0 heterocycles. The predicted molar refractivity (Wildman–Crippen MR) is 54.5 cm³/mol. The molecule has 3 nitrogen and oxygen atoms in total. The molecule has 4 heteroatoms. The summed E-state index contributed by atoms with van der Waals surface area (Å²) in [5.74, 6) is -1.13. The van der Waals surface area contributed by atoms with Gasteiger partial charge in [0.25, 0.3) is 0 Å². The third-order valence-electron chi connectivity index (χ3n) is 2.09. The molecule has 0 amide bonds. The smallest absolute Gasteiger partial charge is 0.144 e. The second kappa shape index (κ2) is 4.58. The minimum atomic E-state index is -0.746. The highest BCUT2D eigenvalue weighted by Gasteiger charge is 2.16. The van der Waals surface area contributed by atoms with Crippen molar-refractivity contribution in [3.05, 3.63) is 41.7 Å². The van der Waals surface area contributed by atoms with Crippen molar-refractivity contribution in [3.63, 3.8) is 0 Å². The molecule has 15 heavy (non-hydrogen) atoms. The topological polar surface area (TPSA) is 70.0 Å². The van der Waals surface area contributed by atoms with E-state index in [9.17, 15) is 9.50 Å². The van der Waals surface area contributed by atoms with Crippen molar-refractivity contribution in [2.24, 2.45) is 5.73 Å². The number of rotatable bonds is 3. The molecule has 0 spiro atoms. The fraction of sp³-hybridized carbons (Fsp3) is 0.182. The zero-order valence-corrected chi connectivity index (χ0v) is 8.07. The van der Waals surface area contributed by atoms with Gasteiger partial charge in [-0.25, -0.2) is 4.39 Å². The fourth-order valence-electron chi connectivity index (χ4n) is 1.29. The summed E-state index contributed by atoms with van der Waals surface area (Å²) in [5.41, 5.74) is 5.70. The summed E-state index contributed by atoms with van der Waals surface area (Å²) in [6, 6.07) is 3.61. The summed E-state index contributed by atoms with van der Waals surface area (Å²) in [6.07, 6.45) is 2.05. The molecule has 0 aliphatic heterocycles. The van der Waals surface area contributed by atoms with Gasteiger partial charge in [0.05, 0.1) is 0 Å². The standard InChI is InChI=1S/C11H11FN2O/c1-2-3-10(14)7-4-5-9(12)8(6-13)11(7)15/h2,4-5,10,15H,1,3,14H2/t10-/m1/s1. The molecule has 1 atom stereocenters. The quantitative estimate of drug-likeness (QED) is 0.743. The van der Waals surface area contributed by atoms with Crippen LogP contribution in [0, 0.1) is 17.1 Å². The Hall–Kier alpha value is -1.86.